The lowest BCUT2D eigenvalue weighted by Gasteiger charge is -2.18. The van der Waals surface area contributed by atoms with E-state index in [2.05, 4.69) is 36.7 Å². The number of allylic oxidation sites excluding steroid dienone is 4. The molecule has 0 radical (unpaired) electrons. The maximum absolute atomic E-state index is 2.55. The highest BCUT2D eigenvalue weighted by molar-refractivity contribution is 5.18. The molecule has 0 spiro atoms. The Balaban J connectivity index is 1.33. The Kier molecular flexibility index (Phi) is 16.3. The van der Waals surface area contributed by atoms with Gasteiger partial charge in [0.2, 0.25) is 0 Å². The maximum Gasteiger partial charge on any atom is 0.100 e. The zero-order chi connectivity index (χ0) is 24.9. The molecule has 2 N–H and O–H groups in total. The van der Waals surface area contributed by atoms with Crippen molar-refractivity contribution in [2.45, 2.75) is 141 Å². The third kappa shape index (κ3) is 14.0. The molecule has 0 aliphatic carbocycles. The van der Waals surface area contributed by atoms with Crippen LogP contribution in [0.5, 0.6) is 0 Å². The van der Waals surface area contributed by atoms with Crippen molar-refractivity contribution in [3.8, 4) is 0 Å². The highest BCUT2D eigenvalue weighted by Crippen LogP contribution is 2.16. The van der Waals surface area contributed by atoms with Crippen molar-refractivity contribution in [2.75, 3.05) is 26.2 Å². The molecule has 4 bridgehead atoms. The van der Waals surface area contributed by atoms with Crippen molar-refractivity contribution in [3.05, 3.63) is 47.9 Å². The number of hydrogen-bond acceptors (Lipinski definition) is 0. The molecular weight excluding hydrogens is 436 g/mol. The zero-order valence-corrected chi connectivity index (χ0v) is 23.8. The van der Waals surface area contributed by atoms with Crippen LogP contribution in [0.25, 0.3) is 0 Å². The van der Waals surface area contributed by atoms with Gasteiger partial charge in [0.1, 0.15) is 13.1 Å². The molecule has 204 valence electrons. The molecule has 3 aliphatic heterocycles. The van der Waals surface area contributed by atoms with Gasteiger partial charge in [0.25, 0.3) is 0 Å². The van der Waals surface area contributed by atoms with Gasteiger partial charge in [-0.05, 0) is 63.5 Å². The van der Waals surface area contributed by atoms with Crippen LogP contribution >= 0.6 is 0 Å². The van der Waals surface area contributed by atoms with Crippen molar-refractivity contribution in [1.29, 1.82) is 0 Å². The van der Waals surface area contributed by atoms with Gasteiger partial charge in [-0.3, -0.25) is 0 Å². The summed E-state index contributed by atoms with van der Waals surface area (Å²) in [4.78, 5) is 3.39. The van der Waals surface area contributed by atoms with Crippen LogP contribution in [0.3, 0.4) is 0 Å². The molecule has 0 amide bonds. The van der Waals surface area contributed by atoms with E-state index in [9.17, 15) is 0 Å². The van der Waals surface area contributed by atoms with Crippen LogP contribution in [-0.2, 0) is 0 Å². The Bertz CT molecular complexity index is 613. The summed E-state index contributed by atoms with van der Waals surface area (Å²) in [5.41, 5.74) is 3.20. The molecule has 2 atom stereocenters. The average Bonchev–Trinajstić information content (AvgIpc) is 2.90. The highest BCUT2D eigenvalue weighted by Gasteiger charge is 2.11. The normalized spacial score (nSPS) is 28.0. The number of fused-ring (bicyclic) bond motifs is 2. The minimum atomic E-state index is 1.20. The van der Waals surface area contributed by atoms with Crippen molar-refractivity contribution in [2.24, 2.45) is 0 Å². The predicted molar refractivity (Wildman–Crippen MR) is 157 cm³/mol. The van der Waals surface area contributed by atoms with E-state index in [0.717, 1.165) is 0 Å². The molecule has 2 heteroatoms. The third-order valence-corrected chi connectivity index (χ3v) is 8.63. The van der Waals surface area contributed by atoms with Crippen LogP contribution in [0.2, 0.25) is 0 Å². The molecule has 3 heterocycles. The molecule has 0 aromatic heterocycles. The zero-order valence-electron chi connectivity index (χ0n) is 23.8. The smallest absolute Gasteiger partial charge is 0.100 e. The van der Waals surface area contributed by atoms with E-state index in [1.165, 1.54) is 167 Å². The standard InChI is InChI=1S/C34H58N2/c1-3-7-11-15-19-27-35-29-22-26-34(32-35)24-18-14-10-6-2-4-8-12-16-20-28-36-30-21-25-33(31-36)23-17-13-9-5-1/h21-22,25-26,31-32H,1-20,23-24,27-30H2/p+2. The fourth-order valence-electron chi connectivity index (χ4n) is 6.31. The Morgan fingerprint density at radius 2 is 0.667 bits per heavy atom. The topological polar surface area (TPSA) is 8.88 Å². The second-order valence-electron chi connectivity index (χ2n) is 12.0. The SMILES string of the molecule is C1=CC2=C[NH+](C1)CCCCCCCCCCCCC1=C[NH+](CC=C1)CCCCCCCCCCCC2. The molecule has 3 rings (SSSR count). The predicted octanol–water partition coefficient (Wildman–Crippen LogP) is 7.26. The number of quaternary nitrogens is 2. The van der Waals surface area contributed by atoms with Gasteiger partial charge in [0.15, 0.2) is 0 Å². The van der Waals surface area contributed by atoms with Crippen molar-refractivity contribution < 1.29 is 9.80 Å². The fraction of sp³-hybridized carbons (Fsp3) is 0.765. The fourth-order valence-corrected chi connectivity index (χ4v) is 6.31. The summed E-state index contributed by atoms with van der Waals surface area (Å²) < 4.78 is 0. The van der Waals surface area contributed by atoms with Gasteiger partial charge in [-0.15, -0.1) is 0 Å². The quantitative estimate of drug-likeness (QED) is 0.349. The lowest BCUT2D eigenvalue weighted by molar-refractivity contribution is -0.842. The molecular formula is C34H60N2+2. The molecule has 0 saturated heterocycles. The van der Waals surface area contributed by atoms with Gasteiger partial charge in [0.05, 0.1) is 25.5 Å². The third-order valence-electron chi connectivity index (χ3n) is 8.63. The molecule has 0 saturated carbocycles. The Labute approximate surface area is 225 Å². The van der Waals surface area contributed by atoms with Crippen LogP contribution in [0.1, 0.15) is 141 Å². The van der Waals surface area contributed by atoms with Gasteiger partial charge in [-0.1, -0.05) is 102 Å². The first-order chi connectivity index (χ1) is 17.9. The van der Waals surface area contributed by atoms with Crippen LogP contribution in [0, 0.1) is 0 Å². The summed E-state index contributed by atoms with van der Waals surface area (Å²) in [6.07, 6.45) is 46.0. The Morgan fingerprint density at radius 3 is 1.03 bits per heavy atom. The highest BCUT2D eigenvalue weighted by atomic mass is 15.1. The van der Waals surface area contributed by atoms with E-state index >= 15 is 0 Å². The molecule has 0 aromatic carbocycles. The van der Waals surface area contributed by atoms with Gasteiger partial charge in [0, 0.05) is 11.1 Å². The minimum Gasteiger partial charge on any atom is -0.305 e. The van der Waals surface area contributed by atoms with Gasteiger partial charge >= 0.3 is 0 Å². The van der Waals surface area contributed by atoms with E-state index in [1.54, 1.807) is 20.9 Å². The van der Waals surface area contributed by atoms with Gasteiger partial charge in [-0.2, -0.15) is 0 Å². The second-order valence-corrected chi connectivity index (χ2v) is 12.0. The summed E-state index contributed by atoms with van der Waals surface area (Å²) in [5.74, 6) is 0. The summed E-state index contributed by atoms with van der Waals surface area (Å²) >= 11 is 0. The number of rotatable bonds is 0. The Morgan fingerprint density at radius 1 is 0.361 bits per heavy atom. The minimum absolute atomic E-state index is 1.20. The average molecular weight is 497 g/mol. The van der Waals surface area contributed by atoms with Crippen molar-refractivity contribution in [1.82, 2.24) is 0 Å². The van der Waals surface area contributed by atoms with E-state index in [-0.39, 0.29) is 0 Å². The molecule has 2 unspecified atom stereocenters. The van der Waals surface area contributed by atoms with Gasteiger partial charge in [-0.25, -0.2) is 0 Å². The first-order valence-corrected chi connectivity index (χ1v) is 16.3. The van der Waals surface area contributed by atoms with Crippen LogP contribution in [0.4, 0.5) is 0 Å². The van der Waals surface area contributed by atoms with E-state index in [0.29, 0.717) is 0 Å². The first kappa shape index (κ1) is 29.4. The summed E-state index contributed by atoms with van der Waals surface area (Å²) in [6, 6.07) is 0. The maximum atomic E-state index is 2.55. The number of hydrogen-bond donors (Lipinski definition) is 2. The van der Waals surface area contributed by atoms with Crippen LogP contribution < -0.4 is 9.80 Å². The second kappa shape index (κ2) is 19.9. The number of nitrogens with one attached hydrogen (secondary N) is 2. The monoisotopic (exact) mass is 496 g/mol. The van der Waals surface area contributed by atoms with Crippen LogP contribution in [0.15, 0.2) is 47.9 Å². The van der Waals surface area contributed by atoms with E-state index in [1.807, 2.05) is 0 Å². The lowest BCUT2D eigenvalue weighted by Crippen LogP contribution is -3.07. The summed E-state index contributed by atoms with van der Waals surface area (Å²) in [7, 11) is 0. The van der Waals surface area contributed by atoms with Crippen molar-refractivity contribution >= 4 is 0 Å². The van der Waals surface area contributed by atoms with Crippen LogP contribution in [-0.4, -0.2) is 26.2 Å². The first-order valence-electron chi connectivity index (χ1n) is 16.3. The van der Waals surface area contributed by atoms with E-state index < -0.39 is 0 Å². The summed E-state index contributed by atoms with van der Waals surface area (Å²) in [5, 5.41) is 0. The largest absolute Gasteiger partial charge is 0.305 e. The van der Waals surface area contributed by atoms with Crippen molar-refractivity contribution in [3.63, 3.8) is 0 Å². The van der Waals surface area contributed by atoms with E-state index in [4.69, 9.17) is 0 Å². The molecule has 0 aromatic rings. The molecule has 36 heavy (non-hydrogen) atoms. The molecule has 2 nitrogen and oxygen atoms in total. The lowest BCUT2D eigenvalue weighted by atomic mass is 10.0. The summed E-state index contributed by atoms with van der Waals surface area (Å²) in [6.45, 7) is 5.07. The van der Waals surface area contributed by atoms with Gasteiger partial charge < -0.3 is 9.80 Å². The molecule has 0 fully saturated rings. The Hall–Kier alpha value is -1.12. The molecule has 3 aliphatic rings.